The summed E-state index contributed by atoms with van der Waals surface area (Å²) in [5.74, 6) is -0.209. The van der Waals surface area contributed by atoms with Crippen LogP contribution in [-0.2, 0) is 23.4 Å². The van der Waals surface area contributed by atoms with Gasteiger partial charge < -0.3 is 23.7 Å². The lowest BCUT2D eigenvalue weighted by Crippen LogP contribution is -2.57. The molecular weight excluding hydrogens is 484 g/mol. The normalized spacial score (nSPS) is 30.3. The first-order chi connectivity index (χ1) is 17.3. The summed E-state index contributed by atoms with van der Waals surface area (Å²) in [5, 5.41) is 12.1. The third kappa shape index (κ3) is 4.67. The van der Waals surface area contributed by atoms with E-state index in [0.717, 1.165) is 5.56 Å². The number of aliphatic hydroxyl groups is 1. The zero-order valence-electron chi connectivity index (χ0n) is 23.8. The number of Topliss-reactive ketones (excluding diaryl/α,β-unsaturated/α-hetero) is 1. The van der Waals surface area contributed by atoms with Crippen molar-refractivity contribution in [3.63, 3.8) is 0 Å². The van der Waals surface area contributed by atoms with Gasteiger partial charge in [0.1, 0.15) is 6.10 Å². The fraction of sp³-hybridized carbons (Fsp3) is 0.633. The molecule has 6 nitrogen and oxygen atoms in total. The maximum atomic E-state index is 13.6. The number of rotatable bonds is 9. The SMILES string of the molecule is CC(C)OC1=C(c2ccccc2)C(O)(C2=C[C@H](C)O[C@H]3CC(O[Si](C(C)C)(C(C)C)C(C)C)O[C@@H]23)C1=O. The quantitative estimate of drug-likeness (QED) is 0.306. The van der Waals surface area contributed by atoms with E-state index in [0.29, 0.717) is 34.2 Å². The van der Waals surface area contributed by atoms with Gasteiger partial charge in [0.25, 0.3) is 0 Å². The fourth-order valence-electron chi connectivity index (χ4n) is 6.78. The molecule has 2 aliphatic heterocycles. The van der Waals surface area contributed by atoms with Crippen LogP contribution in [0, 0.1) is 0 Å². The van der Waals surface area contributed by atoms with Crippen LogP contribution in [0.25, 0.3) is 5.57 Å². The predicted molar refractivity (Wildman–Crippen MR) is 147 cm³/mol. The number of carbonyl (C=O) groups is 1. The Balaban J connectivity index is 1.71. The van der Waals surface area contributed by atoms with Gasteiger partial charge in [-0.2, -0.15) is 0 Å². The van der Waals surface area contributed by atoms with E-state index in [1.54, 1.807) is 0 Å². The molecule has 0 radical (unpaired) electrons. The molecule has 1 aromatic carbocycles. The second-order valence-corrected chi connectivity index (χ2v) is 17.3. The second kappa shape index (κ2) is 10.4. The van der Waals surface area contributed by atoms with Crippen LogP contribution in [0.5, 0.6) is 0 Å². The summed E-state index contributed by atoms with van der Waals surface area (Å²) < 4.78 is 25.7. The Hall–Kier alpha value is -1.77. The molecule has 1 aliphatic carbocycles. The first kappa shape index (κ1) is 28.2. The number of hydrogen-bond acceptors (Lipinski definition) is 6. The van der Waals surface area contributed by atoms with Gasteiger partial charge in [-0.25, -0.2) is 0 Å². The van der Waals surface area contributed by atoms with Crippen molar-refractivity contribution in [3.8, 4) is 0 Å². The van der Waals surface area contributed by atoms with Crippen molar-refractivity contribution in [3.05, 3.63) is 53.3 Å². The minimum absolute atomic E-state index is 0.195. The summed E-state index contributed by atoms with van der Waals surface area (Å²) in [7, 11) is -2.20. The van der Waals surface area contributed by atoms with Gasteiger partial charge in [-0.15, -0.1) is 0 Å². The molecule has 0 amide bonds. The lowest BCUT2D eigenvalue weighted by atomic mass is 9.66. The van der Waals surface area contributed by atoms with Gasteiger partial charge in [0.05, 0.1) is 18.3 Å². The lowest BCUT2D eigenvalue weighted by Gasteiger charge is -2.45. The van der Waals surface area contributed by atoms with Crippen molar-refractivity contribution in [2.75, 3.05) is 0 Å². The predicted octanol–water partition coefficient (Wildman–Crippen LogP) is 6.16. The zero-order valence-corrected chi connectivity index (χ0v) is 24.8. The molecule has 37 heavy (non-hydrogen) atoms. The van der Waals surface area contributed by atoms with Crippen molar-refractivity contribution in [2.45, 2.75) is 122 Å². The Morgan fingerprint density at radius 2 is 1.57 bits per heavy atom. The smallest absolute Gasteiger partial charge is 0.238 e. The minimum Gasteiger partial charge on any atom is -0.487 e. The molecule has 1 saturated heterocycles. The van der Waals surface area contributed by atoms with Crippen molar-refractivity contribution in [2.24, 2.45) is 0 Å². The lowest BCUT2D eigenvalue weighted by molar-refractivity contribution is -0.139. The molecule has 4 rings (SSSR count). The highest BCUT2D eigenvalue weighted by molar-refractivity contribution is 6.77. The summed E-state index contributed by atoms with van der Waals surface area (Å²) in [6.45, 7) is 19.2. The third-order valence-corrected chi connectivity index (χ3v) is 14.3. The van der Waals surface area contributed by atoms with Gasteiger partial charge in [0, 0.05) is 17.6 Å². The maximum Gasteiger partial charge on any atom is 0.238 e. The van der Waals surface area contributed by atoms with E-state index in [1.807, 2.05) is 57.2 Å². The van der Waals surface area contributed by atoms with Crippen molar-refractivity contribution in [1.82, 2.24) is 0 Å². The summed E-state index contributed by atoms with van der Waals surface area (Å²) in [6.07, 6.45) is 0.613. The van der Waals surface area contributed by atoms with Crippen LogP contribution in [0.15, 0.2) is 47.7 Å². The molecule has 3 aliphatic rings. The highest BCUT2D eigenvalue weighted by atomic mass is 28.4. The largest absolute Gasteiger partial charge is 0.487 e. The maximum absolute atomic E-state index is 13.6. The van der Waals surface area contributed by atoms with Crippen LogP contribution in [-0.4, -0.2) is 55.5 Å². The molecule has 0 aromatic heterocycles. The third-order valence-electron chi connectivity index (χ3n) is 8.17. The van der Waals surface area contributed by atoms with Crippen molar-refractivity contribution in [1.29, 1.82) is 0 Å². The monoisotopic (exact) mass is 528 g/mol. The van der Waals surface area contributed by atoms with E-state index in [1.165, 1.54) is 0 Å². The fourth-order valence-corrected chi connectivity index (χ4v) is 12.2. The molecule has 7 heteroatoms. The highest BCUT2D eigenvalue weighted by Crippen LogP contribution is 2.52. The van der Waals surface area contributed by atoms with Crippen molar-refractivity contribution < 1.29 is 28.5 Å². The molecule has 0 bridgehead atoms. The molecule has 0 saturated carbocycles. The molecule has 204 valence electrons. The topological polar surface area (TPSA) is 74.2 Å². The Kier molecular flexibility index (Phi) is 7.95. The minimum atomic E-state index is -2.20. The van der Waals surface area contributed by atoms with Crippen LogP contribution >= 0.6 is 0 Å². The molecule has 1 N–H and O–H groups in total. The van der Waals surface area contributed by atoms with E-state index < -0.39 is 32.1 Å². The first-order valence-corrected chi connectivity index (χ1v) is 15.9. The van der Waals surface area contributed by atoms with E-state index in [2.05, 4.69) is 41.5 Å². The average molecular weight is 529 g/mol. The van der Waals surface area contributed by atoms with Crippen LogP contribution in [0.1, 0.15) is 74.3 Å². The van der Waals surface area contributed by atoms with E-state index in [-0.39, 0.29) is 24.1 Å². The Bertz CT molecular complexity index is 1040. The average Bonchev–Trinajstić information content (AvgIpc) is 3.22. The highest BCUT2D eigenvalue weighted by Gasteiger charge is 2.62. The number of ether oxygens (including phenoxy) is 3. The van der Waals surface area contributed by atoms with Crippen LogP contribution in [0.4, 0.5) is 0 Å². The van der Waals surface area contributed by atoms with Gasteiger partial charge >= 0.3 is 0 Å². The number of hydrogen-bond donors (Lipinski definition) is 1. The van der Waals surface area contributed by atoms with Gasteiger partial charge in [-0.3, -0.25) is 4.79 Å². The standard InChI is InChI=1S/C30H44O6Si/c1-17(2)33-28-26(22-13-11-10-12-14-22)30(32,29(28)31)23-15-21(9)34-24-16-25(35-27(23)24)36-37(18(3)4,19(5)6)20(7)8/h10-15,17-21,24-25,27,32H,16H2,1-9H3/t21-,24-,25?,27-,30?/m0/s1. The molecular formula is C30H44O6Si. The summed E-state index contributed by atoms with van der Waals surface area (Å²) in [6, 6.07) is 9.49. The Morgan fingerprint density at radius 3 is 2.11 bits per heavy atom. The van der Waals surface area contributed by atoms with Gasteiger partial charge in [0.15, 0.2) is 17.7 Å². The van der Waals surface area contributed by atoms with E-state index in [9.17, 15) is 9.90 Å². The summed E-state index contributed by atoms with van der Waals surface area (Å²) in [4.78, 5) is 13.6. The van der Waals surface area contributed by atoms with Crippen LogP contribution in [0.3, 0.4) is 0 Å². The second-order valence-electron chi connectivity index (χ2n) is 11.9. The molecule has 2 unspecified atom stereocenters. The zero-order chi connectivity index (χ0) is 27.3. The summed E-state index contributed by atoms with van der Waals surface area (Å²) in [5.41, 5.74) is 1.19. The number of benzene rings is 1. The molecule has 2 heterocycles. The van der Waals surface area contributed by atoms with Crippen molar-refractivity contribution >= 4 is 19.7 Å². The van der Waals surface area contributed by atoms with Crippen LogP contribution < -0.4 is 0 Å². The Labute approximate surface area is 223 Å². The van der Waals surface area contributed by atoms with Gasteiger partial charge in [0.2, 0.25) is 14.1 Å². The van der Waals surface area contributed by atoms with E-state index >= 15 is 0 Å². The molecule has 0 spiro atoms. The molecule has 1 fully saturated rings. The van der Waals surface area contributed by atoms with E-state index in [4.69, 9.17) is 18.6 Å². The Morgan fingerprint density at radius 1 is 0.973 bits per heavy atom. The first-order valence-electron chi connectivity index (χ1n) is 13.8. The number of ketones is 1. The van der Waals surface area contributed by atoms with Gasteiger partial charge in [-0.05, 0) is 43.0 Å². The van der Waals surface area contributed by atoms with Crippen LogP contribution in [0.2, 0.25) is 16.6 Å². The number of carbonyl (C=O) groups excluding carboxylic acids is 1. The molecule has 1 aromatic rings. The number of fused-ring (bicyclic) bond motifs is 1. The summed E-state index contributed by atoms with van der Waals surface area (Å²) >= 11 is 0. The van der Waals surface area contributed by atoms with Gasteiger partial charge in [-0.1, -0.05) is 78.0 Å². The molecule has 5 atom stereocenters.